The minimum Gasteiger partial charge on any atom is -0.184 e. The van der Waals surface area contributed by atoms with E-state index in [4.69, 9.17) is 6.58 Å². The number of allylic oxidation sites excluding steroid dienone is 1. The fourth-order valence-corrected chi connectivity index (χ4v) is 6.51. The largest absolute Gasteiger partial charge is 0.249 e. The Kier molecular flexibility index (Phi) is 5.14. The topological polar surface area (TPSA) is 7.76 Å². The molecule has 0 radical (unpaired) electrons. The quantitative estimate of drug-likeness (QED) is 0.223. The molecule has 0 bridgehead atoms. The Hall–Kier alpha value is -4.30. The van der Waals surface area contributed by atoms with Crippen molar-refractivity contribution in [3.05, 3.63) is 139 Å². The van der Waals surface area contributed by atoms with Gasteiger partial charge in [0.15, 0.2) is 12.4 Å². The van der Waals surface area contributed by atoms with E-state index in [2.05, 4.69) is 132 Å². The van der Waals surface area contributed by atoms with Crippen LogP contribution in [0.4, 0.5) is 0 Å². The van der Waals surface area contributed by atoms with Crippen molar-refractivity contribution in [2.45, 2.75) is 31.7 Å². The first-order valence-corrected chi connectivity index (χ1v) is 13.2. The molecule has 2 aliphatic rings. The number of fused-ring (bicyclic) bond motifs is 9. The highest BCUT2D eigenvalue weighted by molar-refractivity contribution is 5.70. The monoisotopic (exact) mass is 478 g/mol. The van der Waals surface area contributed by atoms with Gasteiger partial charge in [-0.2, -0.15) is 9.13 Å². The highest BCUT2D eigenvalue weighted by Gasteiger charge is 2.46. The number of nitrogens with zero attached hydrogens (tertiary/aromatic N) is 2. The summed E-state index contributed by atoms with van der Waals surface area (Å²) in [5, 5.41) is 0. The minimum atomic E-state index is 0.122. The number of hydrogen-bond donors (Lipinski definition) is 0. The van der Waals surface area contributed by atoms with Gasteiger partial charge in [-0.15, -0.1) is 0 Å². The maximum Gasteiger partial charge on any atom is 0.249 e. The second-order valence-corrected chi connectivity index (χ2v) is 10.3. The van der Waals surface area contributed by atoms with Crippen LogP contribution in [0.2, 0.25) is 0 Å². The summed E-state index contributed by atoms with van der Waals surface area (Å²) in [4.78, 5) is 0. The van der Waals surface area contributed by atoms with E-state index in [1.54, 1.807) is 0 Å². The van der Waals surface area contributed by atoms with Gasteiger partial charge < -0.3 is 0 Å². The second kappa shape index (κ2) is 8.67. The van der Waals surface area contributed by atoms with E-state index in [9.17, 15) is 0 Å². The molecule has 0 fully saturated rings. The maximum absolute atomic E-state index is 4.83. The van der Waals surface area contributed by atoms with Gasteiger partial charge in [-0.1, -0.05) is 60.7 Å². The molecule has 2 atom stereocenters. The molecule has 0 spiro atoms. The Morgan fingerprint density at radius 1 is 0.703 bits per heavy atom. The Morgan fingerprint density at radius 3 is 2.30 bits per heavy atom. The molecule has 4 heterocycles. The summed E-state index contributed by atoms with van der Waals surface area (Å²) in [6.07, 6.45) is 6.65. The molecule has 2 unspecified atom stereocenters. The Morgan fingerprint density at radius 2 is 1.43 bits per heavy atom. The minimum absolute atomic E-state index is 0.122. The molecule has 7 rings (SSSR count). The lowest BCUT2D eigenvalue weighted by molar-refractivity contribution is -0.727. The summed E-state index contributed by atoms with van der Waals surface area (Å²) in [5.74, 6) is 0.331. The van der Waals surface area contributed by atoms with Gasteiger partial charge in [0.05, 0.1) is 5.92 Å². The molecular weight excluding hydrogens is 448 g/mol. The van der Waals surface area contributed by atoms with Crippen molar-refractivity contribution < 1.29 is 9.13 Å². The molecule has 178 valence electrons. The average molecular weight is 479 g/mol. The normalized spacial score (nSPS) is 17.7. The van der Waals surface area contributed by atoms with Gasteiger partial charge in [0.25, 0.3) is 0 Å². The van der Waals surface area contributed by atoms with E-state index < -0.39 is 0 Å². The molecule has 0 amide bonds. The lowest BCUT2D eigenvalue weighted by Crippen LogP contribution is -2.53. The third-order valence-electron chi connectivity index (χ3n) is 8.28. The van der Waals surface area contributed by atoms with Crippen LogP contribution in [0.5, 0.6) is 0 Å². The number of benzene rings is 3. The summed E-state index contributed by atoms with van der Waals surface area (Å²) < 4.78 is 4.84. The maximum atomic E-state index is 4.83. The van der Waals surface area contributed by atoms with Crippen LogP contribution in [0.1, 0.15) is 35.1 Å². The highest BCUT2D eigenvalue weighted by atomic mass is 15.1. The average Bonchev–Trinajstić information content (AvgIpc) is 3.00. The number of pyridine rings is 2. The van der Waals surface area contributed by atoms with Gasteiger partial charge in [0.2, 0.25) is 23.1 Å². The standard InChI is InChI=1S/C35H30N2/c1-24-11-3-5-13-28(24)27-19-21-34-29-14-6-4-12-26(29)18-20-32-30-15-7-8-16-31(30)33-17-9-10-22-36(33)35(32)25(2)37(34)23-27/h3-17,19,21-23,32,35H,2,18,20H2,1H3/q+2. The van der Waals surface area contributed by atoms with Crippen molar-refractivity contribution in [1.29, 1.82) is 0 Å². The molecule has 3 aromatic carbocycles. The van der Waals surface area contributed by atoms with Gasteiger partial charge in [-0.25, -0.2) is 0 Å². The molecule has 2 nitrogen and oxygen atoms in total. The van der Waals surface area contributed by atoms with Crippen molar-refractivity contribution in [1.82, 2.24) is 0 Å². The van der Waals surface area contributed by atoms with Crippen LogP contribution in [0.3, 0.4) is 0 Å². The number of rotatable bonds is 1. The number of aromatic nitrogens is 2. The third kappa shape index (κ3) is 3.48. The summed E-state index contributed by atoms with van der Waals surface area (Å²) >= 11 is 0. The lowest BCUT2D eigenvalue weighted by Gasteiger charge is -2.29. The molecule has 0 aliphatic carbocycles. The smallest absolute Gasteiger partial charge is 0.184 e. The SMILES string of the molecule is C=C1C2C(CCc3ccccc3-c3ccc(-c4ccccc4C)c[n+]31)c1ccccc1-c1cccc[n+]12. The molecule has 0 N–H and O–H groups in total. The van der Waals surface area contributed by atoms with E-state index in [1.165, 1.54) is 50.3 Å². The zero-order chi connectivity index (χ0) is 24.9. The fourth-order valence-electron chi connectivity index (χ4n) is 6.51. The predicted molar refractivity (Wildman–Crippen MR) is 150 cm³/mol. The van der Waals surface area contributed by atoms with Crippen molar-refractivity contribution in [3.8, 4) is 33.6 Å². The van der Waals surface area contributed by atoms with Crippen LogP contribution in [0, 0.1) is 6.92 Å². The van der Waals surface area contributed by atoms with E-state index in [0.29, 0.717) is 5.92 Å². The Balaban J connectivity index is 1.51. The van der Waals surface area contributed by atoms with Crippen molar-refractivity contribution >= 4 is 5.70 Å². The van der Waals surface area contributed by atoms with Gasteiger partial charge in [-0.05, 0) is 72.9 Å². The molecular formula is C35H30N2+2. The molecule has 0 saturated carbocycles. The lowest BCUT2D eigenvalue weighted by atomic mass is 9.78. The first-order chi connectivity index (χ1) is 18.2. The van der Waals surface area contributed by atoms with Gasteiger partial charge in [0.1, 0.15) is 0 Å². The van der Waals surface area contributed by atoms with Crippen LogP contribution < -0.4 is 9.13 Å². The first-order valence-electron chi connectivity index (χ1n) is 13.2. The fraction of sp³-hybridized carbons (Fsp3) is 0.143. The van der Waals surface area contributed by atoms with Gasteiger partial charge in [0, 0.05) is 34.9 Å². The van der Waals surface area contributed by atoms with Crippen LogP contribution in [0.25, 0.3) is 39.3 Å². The molecule has 2 aromatic heterocycles. The van der Waals surface area contributed by atoms with E-state index in [-0.39, 0.29) is 6.04 Å². The summed E-state index contributed by atoms with van der Waals surface area (Å²) in [7, 11) is 0. The zero-order valence-corrected chi connectivity index (χ0v) is 21.1. The van der Waals surface area contributed by atoms with Crippen LogP contribution in [-0.2, 0) is 6.42 Å². The summed E-state index contributed by atoms with van der Waals surface area (Å²) in [6, 6.07) is 37.7. The van der Waals surface area contributed by atoms with Crippen molar-refractivity contribution in [2.75, 3.05) is 0 Å². The van der Waals surface area contributed by atoms with E-state index in [0.717, 1.165) is 18.5 Å². The van der Waals surface area contributed by atoms with Crippen molar-refractivity contribution in [3.63, 3.8) is 0 Å². The van der Waals surface area contributed by atoms with Crippen LogP contribution >= 0.6 is 0 Å². The first kappa shape index (κ1) is 21.9. The molecule has 37 heavy (non-hydrogen) atoms. The predicted octanol–water partition coefficient (Wildman–Crippen LogP) is 7.33. The second-order valence-electron chi connectivity index (χ2n) is 10.3. The third-order valence-corrected chi connectivity index (χ3v) is 8.28. The van der Waals surface area contributed by atoms with Gasteiger partial charge >= 0.3 is 0 Å². The number of hydrogen-bond acceptors (Lipinski definition) is 0. The molecule has 2 heteroatoms. The summed E-state index contributed by atoms with van der Waals surface area (Å²) in [5.41, 5.74) is 12.8. The summed E-state index contributed by atoms with van der Waals surface area (Å²) in [6.45, 7) is 7.01. The van der Waals surface area contributed by atoms with Crippen LogP contribution in [0.15, 0.2) is 122 Å². The van der Waals surface area contributed by atoms with Crippen molar-refractivity contribution in [2.24, 2.45) is 0 Å². The Bertz CT molecular complexity index is 1680. The highest BCUT2D eigenvalue weighted by Crippen LogP contribution is 2.44. The zero-order valence-electron chi connectivity index (χ0n) is 21.1. The van der Waals surface area contributed by atoms with Crippen LogP contribution in [-0.4, -0.2) is 0 Å². The van der Waals surface area contributed by atoms with Gasteiger partial charge in [-0.3, -0.25) is 0 Å². The van der Waals surface area contributed by atoms with E-state index in [1.807, 2.05) is 0 Å². The van der Waals surface area contributed by atoms with E-state index >= 15 is 0 Å². The number of aryl methyl sites for hydroxylation is 2. The Labute approximate surface area is 218 Å². The molecule has 5 aromatic rings. The molecule has 0 saturated heterocycles. The molecule has 2 aliphatic heterocycles.